The summed E-state index contributed by atoms with van der Waals surface area (Å²) in [5.41, 5.74) is 3.89. The van der Waals surface area contributed by atoms with Gasteiger partial charge in [0.2, 0.25) is 17.6 Å². The van der Waals surface area contributed by atoms with E-state index in [1.165, 1.54) is 4.90 Å². The predicted molar refractivity (Wildman–Crippen MR) is 173 cm³/mol. The molecule has 46 heavy (non-hydrogen) atoms. The number of hydrogen-bond acceptors (Lipinski definition) is 7. The summed E-state index contributed by atoms with van der Waals surface area (Å²) in [6, 6.07) is -4.63. The average Bonchev–Trinajstić information content (AvgIpc) is 3.60. The summed E-state index contributed by atoms with van der Waals surface area (Å²) in [5, 5.41) is 8.32. The Morgan fingerprint density at radius 1 is 0.826 bits per heavy atom. The number of carbonyl (C=O) groups excluding carboxylic acids is 6. The fraction of sp³-hybridized carbons (Fsp3) is 0.824. The van der Waals surface area contributed by atoms with Crippen molar-refractivity contribution in [1.29, 1.82) is 0 Å². The molecule has 0 radical (unpaired) electrons. The Kier molecular flexibility index (Phi) is 12.3. The van der Waals surface area contributed by atoms with Crippen molar-refractivity contribution in [1.82, 2.24) is 20.9 Å². The Bertz CT molecular complexity index is 1150. The first kappa shape index (κ1) is 37.3. The summed E-state index contributed by atoms with van der Waals surface area (Å²) in [6.07, 6.45) is 6.99. The minimum Gasteiger partial charge on any atom is -0.461 e. The Balaban J connectivity index is 1.80. The van der Waals surface area contributed by atoms with Gasteiger partial charge in [-0.2, -0.15) is 0 Å². The number of amides is 5. The number of rotatable bonds is 12. The van der Waals surface area contributed by atoms with Crippen molar-refractivity contribution in [2.75, 3.05) is 6.54 Å². The van der Waals surface area contributed by atoms with Crippen molar-refractivity contribution in [3.8, 4) is 0 Å². The fourth-order valence-corrected chi connectivity index (χ4v) is 6.56. The van der Waals surface area contributed by atoms with Gasteiger partial charge in [0.15, 0.2) is 0 Å². The minimum atomic E-state index is -1.10. The molecule has 0 aromatic rings. The number of primary amides is 1. The Hall–Kier alpha value is -3.18. The van der Waals surface area contributed by atoms with Crippen LogP contribution in [-0.4, -0.2) is 77.2 Å². The molecule has 1 heterocycles. The highest BCUT2D eigenvalue weighted by Crippen LogP contribution is 2.34. The third-order valence-electron chi connectivity index (χ3n) is 9.88. The van der Waals surface area contributed by atoms with Gasteiger partial charge in [0, 0.05) is 6.54 Å². The van der Waals surface area contributed by atoms with E-state index in [9.17, 15) is 28.8 Å². The summed E-state index contributed by atoms with van der Waals surface area (Å²) in [6.45, 7) is 15.3. The zero-order valence-corrected chi connectivity index (χ0v) is 29.1. The second kappa shape index (κ2) is 15.2. The Labute approximate surface area is 274 Å². The van der Waals surface area contributed by atoms with Gasteiger partial charge in [-0.3, -0.25) is 19.2 Å². The molecule has 1 unspecified atom stereocenters. The minimum absolute atomic E-state index is 0.00157. The zero-order chi connectivity index (χ0) is 34.6. The van der Waals surface area contributed by atoms with Crippen LogP contribution < -0.4 is 21.7 Å². The number of Topliss-reactive ketones (excluding diaryl/α,β-unsaturated/α-hetero) is 1. The second-order valence-corrected chi connectivity index (χ2v) is 16.1. The maximum Gasteiger partial charge on any atom is 0.329 e. The van der Waals surface area contributed by atoms with Crippen molar-refractivity contribution >= 4 is 35.5 Å². The number of nitrogens with one attached hydrogen (secondary N) is 3. The Morgan fingerprint density at radius 2 is 1.39 bits per heavy atom. The van der Waals surface area contributed by atoms with Gasteiger partial charge in [0.25, 0.3) is 5.91 Å². The van der Waals surface area contributed by atoms with Gasteiger partial charge in [0.05, 0.1) is 6.04 Å². The number of hydrogen-bond donors (Lipinski definition) is 4. The molecule has 2 aliphatic carbocycles. The molecule has 5 amide bonds. The SMILES string of the molecule is CC(C)[C@@H]1C[C@@H](C(=O)NC(CC2CCC2)C(=O)C(N)=O)N(C(=O)[C@@H](NC(=O)N[C@H](C(=O)OC2CCCC2)C(C)(C)C)C(C)(C)C)C1. The summed E-state index contributed by atoms with van der Waals surface area (Å²) >= 11 is 0. The van der Waals surface area contributed by atoms with Crippen LogP contribution in [0.4, 0.5) is 4.79 Å². The molecule has 0 aromatic heterocycles. The van der Waals surface area contributed by atoms with E-state index in [2.05, 4.69) is 16.0 Å². The van der Waals surface area contributed by atoms with Crippen molar-refractivity contribution < 1.29 is 33.5 Å². The quantitative estimate of drug-likeness (QED) is 0.186. The van der Waals surface area contributed by atoms with Gasteiger partial charge < -0.3 is 31.3 Å². The highest BCUT2D eigenvalue weighted by molar-refractivity contribution is 6.37. The lowest BCUT2D eigenvalue weighted by atomic mass is 9.80. The highest BCUT2D eigenvalue weighted by Gasteiger charge is 2.47. The summed E-state index contributed by atoms with van der Waals surface area (Å²) in [7, 11) is 0. The van der Waals surface area contributed by atoms with Crippen molar-refractivity contribution in [2.45, 2.75) is 143 Å². The molecule has 12 heteroatoms. The number of nitrogens with zero attached hydrogens (tertiary/aromatic N) is 1. The summed E-state index contributed by atoms with van der Waals surface area (Å²) < 4.78 is 5.72. The molecule has 5 atom stereocenters. The molecule has 3 fully saturated rings. The predicted octanol–water partition coefficient (Wildman–Crippen LogP) is 3.20. The van der Waals surface area contributed by atoms with Gasteiger partial charge in [0.1, 0.15) is 24.2 Å². The van der Waals surface area contributed by atoms with Gasteiger partial charge in [-0.05, 0) is 67.1 Å². The van der Waals surface area contributed by atoms with Crippen molar-refractivity contribution in [2.24, 2.45) is 34.3 Å². The standard InChI is InChI=1S/C34H57N5O7/c1-19(2)21-17-24(29(42)36-23(25(40)28(35)41)16-20-12-11-13-20)39(18-21)30(43)26(33(3,4)5)37-32(45)38-27(34(6,7)8)31(44)46-22-14-9-10-15-22/h19-24,26-27H,9-18H2,1-8H3,(H2,35,41)(H,36,42)(H2,37,38,45)/t21-,23?,24+,26-,27-/m1/s1. The van der Waals surface area contributed by atoms with Crippen molar-refractivity contribution in [3.05, 3.63) is 0 Å². The number of likely N-dealkylation sites (tertiary alicyclic amines) is 1. The van der Waals surface area contributed by atoms with Crippen LogP contribution in [-0.2, 0) is 28.7 Å². The summed E-state index contributed by atoms with van der Waals surface area (Å²) in [4.78, 5) is 80.6. The summed E-state index contributed by atoms with van der Waals surface area (Å²) in [5.74, 6) is -3.03. The first-order valence-electron chi connectivity index (χ1n) is 17.0. The number of urea groups is 1. The molecular formula is C34H57N5O7. The second-order valence-electron chi connectivity index (χ2n) is 16.1. The van der Waals surface area contributed by atoms with Crippen LogP contribution in [0.15, 0.2) is 0 Å². The average molecular weight is 648 g/mol. The van der Waals surface area contributed by atoms with E-state index in [1.54, 1.807) is 0 Å². The molecule has 12 nitrogen and oxygen atoms in total. The lowest BCUT2D eigenvalue weighted by molar-refractivity contribution is -0.154. The maximum absolute atomic E-state index is 14.3. The fourth-order valence-electron chi connectivity index (χ4n) is 6.56. The van der Waals surface area contributed by atoms with Crippen LogP contribution in [0.5, 0.6) is 0 Å². The molecule has 1 aliphatic heterocycles. The van der Waals surface area contributed by atoms with E-state index in [4.69, 9.17) is 10.5 Å². The monoisotopic (exact) mass is 647 g/mol. The smallest absolute Gasteiger partial charge is 0.329 e. The lowest BCUT2D eigenvalue weighted by Crippen LogP contribution is -2.62. The number of ether oxygens (including phenoxy) is 1. The van der Waals surface area contributed by atoms with E-state index < -0.39 is 70.5 Å². The third-order valence-corrected chi connectivity index (χ3v) is 9.88. The van der Waals surface area contributed by atoms with Crippen LogP contribution in [0.25, 0.3) is 0 Å². The molecule has 0 bridgehead atoms. The first-order chi connectivity index (χ1) is 21.3. The molecular weight excluding hydrogens is 590 g/mol. The van der Waals surface area contributed by atoms with Crippen LogP contribution in [0.1, 0.15) is 113 Å². The Morgan fingerprint density at radius 3 is 1.87 bits per heavy atom. The van der Waals surface area contributed by atoms with E-state index in [0.717, 1.165) is 44.9 Å². The molecule has 2 saturated carbocycles. The lowest BCUT2D eigenvalue weighted by Gasteiger charge is -2.37. The topological polar surface area (TPSA) is 177 Å². The molecule has 0 spiro atoms. The highest BCUT2D eigenvalue weighted by atomic mass is 16.5. The number of ketones is 1. The number of nitrogens with two attached hydrogens (primary N) is 1. The van der Waals surface area contributed by atoms with E-state index in [0.29, 0.717) is 19.4 Å². The largest absolute Gasteiger partial charge is 0.461 e. The van der Waals surface area contributed by atoms with Crippen LogP contribution in [0.2, 0.25) is 0 Å². The van der Waals surface area contributed by atoms with Gasteiger partial charge in [-0.25, -0.2) is 9.59 Å². The molecule has 1 saturated heterocycles. The van der Waals surface area contributed by atoms with Crippen LogP contribution in [0.3, 0.4) is 0 Å². The van der Waals surface area contributed by atoms with Gasteiger partial charge in [-0.15, -0.1) is 0 Å². The number of carbonyl (C=O) groups is 6. The van der Waals surface area contributed by atoms with Crippen LogP contribution in [0, 0.1) is 28.6 Å². The van der Waals surface area contributed by atoms with Crippen LogP contribution >= 0.6 is 0 Å². The number of esters is 1. The maximum atomic E-state index is 14.3. The van der Waals surface area contributed by atoms with Gasteiger partial charge >= 0.3 is 12.0 Å². The van der Waals surface area contributed by atoms with Gasteiger partial charge in [-0.1, -0.05) is 74.7 Å². The molecule has 3 rings (SSSR count). The zero-order valence-electron chi connectivity index (χ0n) is 29.1. The van der Waals surface area contributed by atoms with Crippen molar-refractivity contribution in [3.63, 3.8) is 0 Å². The molecule has 5 N–H and O–H groups in total. The van der Waals surface area contributed by atoms with E-state index in [1.807, 2.05) is 55.4 Å². The first-order valence-corrected chi connectivity index (χ1v) is 17.0. The van der Waals surface area contributed by atoms with E-state index >= 15 is 0 Å². The molecule has 3 aliphatic rings. The third kappa shape index (κ3) is 9.67. The normalized spacial score (nSPS) is 22.8. The molecule has 0 aromatic carbocycles. The molecule has 260 valence electrons. The van der Waals surface area contributed by atoms with E-state index in [-0.39, 0.29) is 23.9 Å².